The maximum atomic E-state index is 13.5. The Hall–Kier alpha value is -3.32. The van der Waals surface area contributed by atoms with Crippen molar-refractivity contribution in [3.63, 3.8) is 0 Å². The molecule has 0 bridgehead atoms. The van der Waals surface area contributed by atoms with Crippen LogP contribution in [0.4, 0.5) is 5.69 Å². The molecule has 3 aromatic carbocycles. The molecule has 6 nitrogen and oxygen atoms in total. The van der Waals surface area contributed by atoms with Crippen LogP contribution in [0, 0.1) is 13.8 Å². The van der Waals surface area contributed by atoms with Gasteiger partial charge < -0.3 is 10.1 Å². The lowest BCUT2D eigenvalue weighted by molar-refractivity contribution is -0.119. The second-order valence-corrected chi connectivity index (χ2v) is 11.4. The van der Waals surface area contributed by atoms with E-state index in [0.717, 1.165) is 21.2 Å². The van der Waals surface area contributed by atoms with Gasteiger partial charge in [-0.25, -0.2) is 8.42 Å². The molecule has 3 rings (SSSR count). The SMILES string of the molecule is Cc1ccc(S(=O)(=O)N(CC(=O)NCCOc2ccc(C(C)(C)C)cc2)c2ccccc2C)cc1. The topological polar surface area (TPSA) is 75.7 Å². The van der Waals surface area contributed by atoms with E-state index in [1.807, 2.05) is 50.2 Å². The maximum absolute atomic E-state index is 13.5. The number of hydrogen-bond donors (Lipinski definition) is 1. The third-order valence-electron chi connectivity index (χ3n) is 5.69. The highest BCUT2D eigenvalue weighted by atomic mass is 32.2. The summed E-state index contributed by atoms with van der Waals surface area (Å²) in [6, 6.07) is 21.6. The Morgan fingerprint density at radius 1 is 0.914 bits per heavy atom. The summed E-state index contributed by atoms with van der Waals surface area (Å²) in [6.07, 6.45) is 0. The number of carbonyl (C=O) groups excluding carboxylic acids is 1. The molecule has 0 fully saturated rings. The average Bonchev–Trinajstić information content (AvgIpc) is 2.81. The summed E-state index contributed by atoms with van der Waals surface area (Å²) in [7, 11) is -3.94. The van der Waals surface area contributed by atoms with Crippen LogP contribution in [0.2, 0.25) is 0 Å². The number of para-hydroxylation sites is 1. The first-order chi connectivity index (χ1) is 16.5. The minimum atomic E-state index is -3.94. The molecule has 0 aromatic heterocycles. The van der Waals surface area contributed by atoms with Gasteiger partial charge in [-0.15, -0.1) is 0 Å². The highest BCUT2D eigenvalue weighted by molar-refractivity contribution is 7.92. The second-order valence-electron chi connectivity index (χ2n) is 9.58. The van der Waals surface area contributed by atoms with Crippen molar-refractivity contribution < 1.29 is 17.9 Å². The van der Waals surface area contributed by atoms with Crippen LogP contribution in [0.1, 0.15) is 37.5 Å². The van der Waals surface area contributed by atoms with Crippen LogP contribution in [0.3, 0.4) is 0 Å². The standard InChI is InChI=1S/C28H34N2O4S/c1-21-10-16-25(17-11-21)35(32,33)30(26-9-7-6-8-22(26)2)20-27(31)29-18-19-34-24-14-12-23(13-15-24)28(3,4)5/h6-17H,18-20H2,1-5H3,(H,29,31). The summed E-state index contributed by atoms with van der Waals surface area (Å²) in [5.74, 6) is 0.311. The molecule has 7 heteroatoms. The Balaban J connectivity index is 1.66. The van der Waals surface area contributed by atoms with Gasteiger partial charge >= 0.3 is 0 Å². The van der Waals surface area contributed by atoms with Gasteiger partial charge in [-0.05, 0) is 60.7 Å². The van der Waals surface area contributed by atoms with Gasteiger partial charge in [0, 0.05) is 0 Å². The Bertz CT molecular complexity index is 1250. The molecule has 0 saturated heterocycles. The molecule has 0 unspecified atom stereocenters. The molecule has 3 aromatic rings. The number of aryl methyl sites for hydroxylation is 2. The highest BCUT2D eigenvalue weighted by Crippen LogP contribution is 2.27. The molecule has 0 spiro atoms. The molecule has 1 amide bonds. The fourth-order valence-corrected chi connectivity index (χ4v) is 5.06. The number of rotatable bonds is 9. The van der Waals surface area contributed by atoms with E-state index < -0.39 is 15.9 Å². The number of ether oxygens (including phenoxy) is 1. The second kappa shape index (κ2) is 11.0. The van der Waals surface area contributed by atoms with Crippen molar-refractivity contribution in [2.75, 3.05) is 24.0 Å². The van der Waals surface area contributed by atoms with Gasteiger partial charge in [-0.3, -0.25) is 9.10 Å². The number of anilines is 1. The average molecular weight is 495 g/mol. The van der Waals surface area contributed by atoms with E-state index >= 15 is 0 Å². The molecule has 0 radical (unpaired) electrons. The summed E-state index contributed by atoms with van der Waals surface area (Å²) in [5, 5.41) is 2.77. The lowest BCUT2D eigenvalue weighted by atomic mass is 9.87. The predicted molar refractivity (Wildman–Crippen MR) is 141 cm³/mol. The third-order valence-corrected chi connectivity index (χ3v) is 7.47. The number of amides is 1. The lowest BCUT2D eigenvalue weighted by Crippen LogP contribution is -2.42. The first-order valence-corrected chi connectivity index (χ1v) is 13.1. The van der Waals surface area contributed by atoms with Gasteiger partial charge in [0.15, 0.2) is 0 Å². The van der Waals surface area contributed by atoms with Gasteiger partial charge in [0.2, 0.25) is 5.91 Å². The van der Waals surface area contributed by atoms with E-state index in [-0.39, 0.29) is 30.0 Å². The van der Waals surface area contributed by atoms with Crippen LogP contribution < -0.4 is 14.4 Å². The number of carbonyl (C=O) groups is 1. The number of nitrogens with zero attached hydrogens (tertiary/aromatic N) is 1. The molecule has 0 aliphatic rings. The zero-order valence-electron chi connectivity index (χ0n) is 21.0. The summed E-state index contributed by atoms with van der Waals surface area (Å²) in [4.78, 5) is 12.9. The highest BCUT2D eigenvalue weighted by Gasteiger charge is 2.28. The van der Waals surface area contributed by atoms with Crippen LogP contribution in [-0.2, 0) is 20.2 Å². The Morgan fingerprint density at radius 3 is 2.14 bits per heavy atom. The normalized spacial score (nSPS) is 11.7. The van der Waals surface area contributed by atoms with Crippen LogP contribution >= 0.6 is 0 Å². The summed E-state index contributed by atoms with van der Waals surface area (Å²) < 4.78 is 33.8. The van der Waals surface area contributed by atoms with Gasteiger partial charge in [0.1, 0.15) is 18.9 Å². The fraction of sp³-hybridized carbons (Fsp3) is 0.321. The quantitative estimate of drug-likeness (QED) is 0.425. The minimum Gasteiger partial charge on any atom is -0.492 e. The molecule has 35 heavy (non-hydrogen) atoms. The molecule has 1 N–H and O–H groups in total. The van der Waals surface area contributed by atoms with Gasteiger partial charge in [0.05, 0.1) is 17.1 Å². The van der Waals surface area contributed by atoms with E-state index in [1.165, 1.54) is 5.56 Å². The predicted octanol–water partition coefficient (Wildman–Crippen LogP) is 4.99. The minimum absolute atomic E-state index is 0.0639. The zero-order chi connectivity index (χ0) is 25.6. The van der Waals surface area contributed by atoms with Gasteiger partial charge in [0.25, 0.3) is 10.0 Å². The molecule has 0 aliphatic carbocycles. The van der Waals surface area contributed by atoms with E-state index in [9.17, 15) is 13.2 Å². The fourth-order valence-electron chi connectivity index (χ4n) is 3.58. The van der Waals surface area contributed by atoms with Crippen molar-refractivity contribution in [2.45, 2.75) is 44.9 Å². The van der Waals surface area contributed by atoms with Gasteiger partial charge in [-0.1, -0.05) is 68.8 Å². The van der Waals surface area contributed by atoms with E-state index in [1.54, 1.807) is 36.4 Å². The Morgan fingerprint density at radius 2 is 1.54 bits per heavy atom. The molecular weight excluding hydrogens is 460 g/mol. The van der Waals surface area contributed by atoms with E-state index in [0.29, 0.717) is 5.69 Å². The third kappa shape index (κ3) is 6.85. The molecule has 186 valence electrons. The van der Waals surface area contributed by atoms with Crippen molar-refractivity contribution >= 4 is 21.6 Å². The largest absolute Gasteiger partial charge is 0.492 e. The first kappa shape index (κ1) is 26.3. The maximum Gasteiger partial charge on any atom is 0.264 e. The summed E-state index contributed by atoms with van der Waals surface area (Å²) in [6.45, 7) is 10.4. The van der Waals surface area contributed by atoms with E-state index in [2.05, 4.69) is 26.1 Å². The molecule has 0 heterocycles. The Labute approximate surface area is 209 Å². The molecular formula is C28H34N2O4S. The van der Waals surface area contributed by atoms with E-state index in [4.69, 9.17) is 4.74 Å². The first-order valence-electron chi connectivity index (χ1n) is 11.6. The lowest BCUT2D eigenvalue weighted by Gasteiger charge is -2.25. The van der Waals surface area contributed by atoms with Gasteiger partial charge in [-0.2, -0.15) is 0 Å². The summed E-state index contributed by atoms with van der Waals surface area (Å²) in [5.41, 5.74) is 3.46. The van der Waals surface area contributed by atoms with Crippen LogP contribution in [0.5, 0.6) is 5.75 Å². The molecule has 0 saturated carbocycles. The van der Waals surface area contributed by atoms with Crippen molar-refractivity contribution in [1.29, 1.82) is 0 Å². The smallest absolute Gasteiger partial charge is 0.264 e. The molecule has 0 atom stereocenters. The molecule has 0 aliphatic heterocycles. The number of hydrogen-bond acceptors (Lipinski definition) is 4. The monoisotopic (exact) mass is 494 g/mol. The number of benzene rings is 3. The van der Waals surface area contributed by atoms with Crippen molar-refractivity contribution in [2.24, 2.45) is 0 Å². The number of sulfonamides is 1. The van der Waals surface area contributed by atoms with Crippen LogP contribution in [0.25, 0.3) is 0 Å². The number of nitrogens with one attached hydrogen (secondary N) is 1. The van der Waals surface area contributed by atoms with Crippen LogP contribution in [0.15, 0.2) is 77.7 Å². The van der Waals surface area contributed by atoms with Crippen LogP contribution in [-0.4, -0.2) is 34.0 Å². The van der Waals surface area contributed by atoms with Crippen molar-refractivity contribution in [1.82, 2.24) is 5.32 Å². The van der Waals surface area contributed by atoms with Crippen molar-refractivity contribution in [3.05, 3.63) is 89.5 Å². The van der Waals surface area contributed by atoms with Crippen molar-refractivity contribution in [3.8, 4) is 5.75 Å². The zero-order valence-corrected chi connectivity index (χ0v) is 21.9. The summed E-state index contributed by atoms with van der Waals surface area (Å²) >= 11 is 0. The Kier molecular flexibility index (Phi) is 8.22.